The van der Waals surface area contributed by atoms with Crippen LogP contribution in [0.1, 0.15) is 0 Å². The first-order valence-corrected chi connectivity index (χ1v) is 9.84. The molecule has 0 fully saturated rings. The Morgan fingerprint density at radius 2 is 1.68 bits per heavy atom. The molecular formula is C19H18F3N7OS. The van der Waals surface area contributed by atoms with Gasteiger partial charge in [-0.3, -0.25) is 4.98 Å². The van der Waals surface area contributed by atoms with Crippen LogP contribution in [-0.4, -0.2) is 39.8 Å². The van der Waals surface area contributed by atoms with Gasteiger partial charge in [0.05, 0.1) is 11.9 Å². The van der Waals surface area contributed by atoms with Crippen molar-refractivity contribution in [1.29, 1.82) is 0 Å². The SMILES string of the molecule is O=C(NCCNc1ccc(Nc2cccnc2)nn1)Nc1ccc(SC(F)(F)F)cc1. The van der Waals surface area contributed by atoms with E-state index in [1.165, 1.54) is 24.3 Å². The molecule has 2 amide bonds. The molecule has 0 radical (unpaired) electrons. The average molecular weight is 449 g/mol. The van der Waals surface area contributed by atoms with Crippen LogP contribution in [0.4, 0.5) is 41.0 Å². The number of rotatable bonds is 8. The van der Waals surface area contributed by atoms with Crippen LogP contribution in [0.5, 0.6) is 0 Å². The molecular weight excluding hydrogens is 431 g/mol. The van der Waals surface area contributed by atoms with Gasteiger partial charge in [-0.1, -0.05) is 0 Å². The van der Waals surface area contributed by atoms with E-state index in [1.54, 1.807) is 30.6 Å². The first-order chi connectivity index (χ1) is 14.9. The van der Waals surface area contributed by atoms with Gasteiger partial charge in [0.15, 0.2) is 5.82 Å². The lowest BCUT2D eigenvalue weighted by Gasteiger charge is -2.10. The topological polar surface area (TPSA) is 104 Å². The molecule has 3 aromatic rings. The van der Waals surface area contributed by atoms with Crippen molar-refractivity contribution >= 4 is 40.8 Å². The minimum atomic E-state index is -4.35. The van der Waals surface area contributed by atoms with Gasteiger partial charge >= 0.3 is 11.5 Å². The number of carbonyl (C=O) groups excluding carboxylic acids is 1. The Hall–Kier alpha value is -3.54. The zero-order valence-corrected chi connectivity index (χ0v) is 16.8. The monoisotopic (exact) mass is 449 g/mol. The summed E-state index contributed by atoms with van der Waals surface area (Å²) in [6.45, 7) is 0.698. The number of carbonyl (C=O) groups is 1. The average Bonchev–Trinajstić information content (AvgIpc) is 2.73. The highest BCUT2D eigenvalue weighted by molar-refractivity contribution is 8.00. The number of halogens is 3. The van der Waals surface area contributed by atoms with E-state index in [9.17, 15) is 18.0 Å². The highest BCUT2D eigenvalue weighted by atomic mass is 32.2. The van der Waals surface area contributed by atoms with Gasteiger partial charge in [-0.05, 0) is 60.3 Å². The van der Waals surface area contributed by atoms with Crippen LogP contribution >= 0.6 is 11.8 Å². The van der Waals surface area contributed by atoms with Crippen molar-refractivity contribution in [3.05, 3.63) is 60.9 Å². The molecule has 1 aromatic carbocycles. The minimum absolute atomic E-state index is 0.0467. The number of benzene rings is 1. The third-order valence-electron chi connectivity index (χ3n) is 3.66. The summed E-state index contributed by atoms with van der Waals surface area (Å²) in [5.74, 6) is 1.10. The van der Waals surface area contributed by atoms with Gasteiger partial charge in [0.1, 0.15) is 5.82 Å². The summed E-state index contributed by atoms with van der Waals surface area (Å²) in [5.41, 5.74) is -3.17. The maximum absolute atomic E-state index is 12.3. The van der Waals surface area contributed by atoms with E-state index in [1.807, 2.05) is 6.07 Å². The Balaban J connectivity index is 1.36. The van der Waals surface area contributed by atoms with Gasteiger partial charge in [0, 0.05) is 29.9 Å². The van der Waals surface area contributed by atoms with Crippen LogP contribution < -0.4 is 21.3 Å². The van der Waals surface area contributed by atoms with Crippen molar-refractivity contribution in [3.63, 3.8) is 0 Å². The number of hydrogen-bond donors (Lipinski definition) is 4. The highest BCUT2D eigenvalue weighted by Gasteiger charge is 2.29. The first-order valence-electron chi connectivity index (χ1n) is 9.03. The standard InChI is InChI=1S/C19H18F3N7OS/c20-19(21,22)31-15-5-3-13(4-6-15)27-18(30)25-11-10-24-16-7-8-17(29-28-16)26-14-2-1-9-23-12-14/h1-9,12H,10-11H2,(H,24,28)(H,26,29)(H2,25,27,30). The molecule has 0 spiro atoms. The number of anilines is 4. The Kier molecular flexibility index (Phi) is 7.49. The summed E-state index contributed by atoms with van der Waals surface area (Å²) in [6.07, 6.45) is 3.34. The van der Waals surface area contributed by atoms with Crippen LogP contribution in [0.2, 0.25) is 0 Å². The molecule has 2 aromatic heterocycles. The van der Waals surface area contributed by atoms with E-state index in [4.69, 9.17) is 0 Å². The fourth-order valence-corrected chi connectivity index (χ4v) is 2.90. The molecule has 0 aliphatic carbocycles. The van der Waals surface area contributed by atoms with Gasteiger partial charge in [-0.25, -0.2) is 4.79 Å². The molecule has 0 aliphatic heterocycles. The minimum Gasteiger partial charge on any atom is -0.367 e. The van der Waals surface area contributed by atoms with Crippen molar-refractivity contribution in [2.24, 2.45) is 0 Å². The summed E-state index contributed by atoms with van der Waals surface area (Å²) >= 11 is -0.210. The number of alkyl halides is 3. The van der Waals surface area contributed by atoms with Crippen LogP contribution in [0.25, 0.3) is 0 Å². The molecule has 31 heavy (non-hydrogen) atoms. The molecule has 2 heterocycles. The molecule has 0 bridgehead atoms. The molecule has 8 nitrogen and oxygen atoms in total. The highest BCUT2D eigenvalue weighted by Crippen LogP contribution is 2.37. The van der Waals surface area contributed by atoms with Gasteiger partial charge in [-0.2, -0.15) is 13.2 Å². The number of nitrogens with zero attached hydrogens (tertiary/aromatic N) is 3. The number of thioether (sulfide) groups is 1. The number of pyridine rings is 1. The van der Waals surface area contributed by atoms with Crippen LogP contribution in [0.15, 0.2) is 65.8 Å². The molecule has 0 unspecified atom stereocenters. The Bertz CT molecular complexity index is 971. The lowest BCUT2D eigenvalue weighted by Crippen LogP contribution is -2.32. The fourth-order valence-electron chi connectivity index (χ4n) is 2.36. The summed E-state index contributed by atoms with van der Waals surface area (Å²) in [4.78, 5) is 15.9. The van der Waals surface area contributed by atoms with Crippen molar-refractivity contribution < 1.29 is 18.0 Å². The van der Waals surface area contributed by atoms with Gasteiger partial charge in [0.25, 0.3) is 0 Å². The number of aromatic nitrogens is 3. The molecule has 0 saturated carbocycles. The van der Waals surface area contributed by atoms with Gasteiger partial charge in [-0.15, -0.1) is 10.2 Å². The molecule has 3 rings (SSSR count). The Morgan fingerprint density at radius 1 is 0.935 bits per heavy atom. The third-order valence-corrected chi connectivity index (χ3v) is 4.40. The van der Waals surface area contributed by atoms with Crippen molar-refractivity contribution in [2.45, 2.75) is 10.4 Å². The second kappa shape index (κ2) is 10.5. The van der Waals surface area contributed by atoms with Crippen molar-refractivity contribution in [2.75, 3.05) is 29.0 Å². The largest absolute Gasteiger partial charge is 0.446 e. The Labute approximate surface area is 180 Å². The van der Waals surface area contributed by atoms with Crippen LogP contribution in [-0.2, 0) is 0 Å². The third kappa shape index (κ3) is 8.01. The molecule has 0 atom stereocenters. The van der Waals surface area contributed by atoms with E-state index in [0.29, 0.717) is 30.4 Å². The predicted molar refractivity (Wildman–Crippen MR) is 113 cm³/mol. The smallest absolute Gasteiger partial charge is 0.367 e. The number of nitrogens with one attached hydrogen (secondary N) is 4. The second-order valence-corrected chi connectivity index (χ2v) is 7.19. The summed E-state index contributed by atoms with van der Waals surface area (Å²) < 4.78 is 37.0. The second-order valence-electron chi connectivity index (χ2n) is 6.05. The van der Waals surface area contributed by atoms with E-state index in [2.05, 4.69) is 36.4 Å². The predicted octanol–water partition coefficient (Wildman–Crippen LogP) is 4.46. The zero-order chi connectivity index (χ0) is 22.1. The van der Waals surface area contributed by atoms with Crippen LogP contribution in [0.3, 0.4) is 0 Å². The molecule has 4 N–H and O–H groups in total. The van der Waals surface area contributed by atoms with E-state index in [-0.39, 0.29) is 16.7 Å². The quantitative estimate of drug-likeness (QED) is 0.297. The number of urea groups is 1. The summed E-state index contributed by atoms with van der Waals surface area (Å²) in [7, 11) is 0. The number of hydrogen-bond acceptors (Lipinski definition) is 7. The van der Waals surface area contributed by atoms with Gasteiger partial charge in [0.2, 0.25) is 0 Å². The molecule has 162 valence electrons. The normalized spacial score (nSPS) is 10.9. The van der Waals surface area contributed by atoms with Crippen molar-refractivity contribution in [1.82, 2.24) is 20.5 Å². The summed E-state index contributed by atoms with van der Waals surface area (Å²) in [5, 5.41) is 19.4. The first kappa shape index (κ1) is 22.2. The Morgan fingerprint density at radius 3 is 2.32 bits per heavy atom. The maximum Gasteiger partial charge on any atom is 0.446 e. The fraction of sp³-hybridized carbons (Fsp3) is 0.158. The lowest BCUT2D eigenvalue weighted by molar-refractivity contribution is -0.0328. The molecule has 0 aliphatic rings. The number of amides is 2. The van der Waals surface area contributed by atoms with E-state index in [0.717, 1.165) is 5.69 Å². The van der Waals surface area contributed by atoms with E-state index >= 15 is 0 Å². The lowest BCUT2D eigenvalue weighted by atomic mass is 10.3. The maximum atomic E-state index is 12.3. The van der Waals surface area contributed by atoms with E-state index < -0.39 is 11.5 Å². The van der Waals surface area contributed by atoms with Crippen LogP contribution in [0, 0.1) is 0 Å². The molecule has 12 heteroatoms. The van der Waals surface area contributed by atoms with Gasteiger partial charge < -0.3 is 21.3 Å². The summed E-state index contributed by atoms with van der Waals surface area (Å²) in [6, 6.07) is 12.1. The molecule has 0 saturated heterocycles. The van der Waals surface area contributed by atoms with Crippen molar-refractivity contribution in [3.8, 4) is 0 Å². The zero-order valence-electron chi connectivity index (χ0n) is 16.0.